The molecule has 0 radical (unpaired) electrons. The van der Waals surface area contributed by atoms with Crippen LogP contribution in [0.15, 0.2) is 78.9 Å². The van der Waals surface area contributed by atoms with Gasteiger partial charge >= 0.3 is 5.97 Å². The summed E-state index contributed by atoms with van der Waals surface area (Å²) in [5.41, 5.74) is 2.02. The van der Waals surface area contributed by atoms with Crippen LogP contribution in [0.4, 0.5) is 0 Å². The highest BCUT2D eigenvalue weighted by atomic mass is 16.5. The zero-order valence-corrected chi connectivity index (χ0v) is 27.9. The number of benzene rings is 3. The van der Waals surface area contributed by atoms with Crippen molar-refractivity contribution in [1.29, 1.82) is 0 Å². The smallest absolute Gasteiger partial charge is 0.328 e. The van der Waals surface area contributed by atoms with E-state index in [1.807, 2.05) is 71.6 Å². The molecule has 3 aromatic rings. The molecule has 3 aliphatic rings. The number of piperidine rings is 2. The summed E-state index contributed by atoms with van der Waals surface area (Å²) in [6, 6.07) is 24.1. The Labute approximate surface area is 282 Å². The zero-order valence-electron chi connectivity index (χ0n) is 27.9. The summed E-state index contributed by atoms with van der Waals surface area (Å²) in [5.74, 6) is -0.453. The topological polar surface area (TPSA) is 105 Å². The molecule has 2 heterocycles. The fraction of sp³-hybridized carbons (Fsp3) is 0.436. The standard InChI is InChI=1S/C39H45N3O6/c1-3-48-37(45)33-18-11-12-24-42(33)38(46)39(27-13-5-4-6-14-27)23-20-30(29-15-7-9-17-32(29)39)36(44)41-25-21-28(22-26-41)40-35(43)31-16-8-10-19-34(31)47-2/h4-10,13-17,19,28,30,33H,3,11-12,18,20-26H2,1-2H3,(H,40,43)/t30-,33?,39+/m0/s1. The van der Waals surface area contributed by atoms with Crippen molar-refractivity contribution in [2.24, 2.45) is 0 Å². The van der Waals surface area contributed by atoms with Crippen LogP contribution in [0, 0.1) is 0 Å². The second-order valence-corrected chi connectivity index (χ2v) is 13.0. The molecule has 0 aromatic heterocycles. The van der Waals surface area contributed by atoms with Gasteiger partial charge in [-0.2, -0.15) is 0 Å². The van der Waals surface area contributed by atoms with Gasteiger partial charge in [-0.15, -0.1) is 0 Å². The highest BCUT2D eigenvalue weighted by molar-refractivity contribution is 5.98. The molecule has 48 heavy (non-hydrogen) atoms. The fourth-order valence-electron chi connectivity index (χ4n) is 7.93. The number of hydrogen-bond donors (Lipinski definition) is 1. The molecule has 3 atom stereocenters. The maximum atomic E-state index is 15.0. The van der Waals surface area contributed by atoms with Gasteiger partial charge in [-0.1, -0.05) is 66.7 Å². The molecule has 2 saturated heterocycles. The lowest BCUT2D eigenvalue weighted by Crippen LogP contribution is -2.57. The first-order valence-corrected chi connectivity index (χ1v) is 17.2. The number of para-hydroxylation sites is 1. The Balaban J connectivity index is 1.24. The van der Waals surface area contributed by atoms with E-state index >= 15 is 0 Å². The van der Waals surface area contributed by atoms with Gasteiger partial charge in [-0.05, 0) is 80.7 Å². The van der Waals surface area contributed by atoms with Gasteiger partial charge in [0.25, 0.3) is 5.91 Å². The fourth-order valence-corrected chi connectivity index (χ4v) is 7.93. The molecule has 1 aliphatic carbocycles. The lowest BCUT2D eigenvalue weighted by molar-refractivity contribution is -0.158. The van der Waals surface area contributed by atoms with Crippen LogP contribution >= 0.6 is 0 Å². The molecule has 252 valence electrons. The average molecular weight is 652 g/mol. The van der Waals surface area contributed by atoms with Gasteiger partial charge in [0.1, 0.15) is 11.8 Å². The number of esters is 1. The molecule has 9 heteroatoms. The highest BCUT2D eigenvalue weighted by Gasteiger charge is 2.52. The Bertz CT molecular complexity index is 1640. The first-order chi connectivity index (χ1) is 23.4. The summed E-state index contributed by atoms with van der Waals surface area (Å²) < 4.78 is 10.8. The van der Waals surface area contributed by atoms with Crippen molar-refractivity contribution in [3.63, 3.8) is 0 Å². The molecule has 0 saturated carbocycles. The summed E-state index contributed by atoms with van der Waals surface area (Å²) in [4.78, 5) is 59.0. The van der Waals surface area contributed by atoms with Crippen LogP contribution in [0.5, 0.6) is 5.75 Å². The van der Waals surface area contributed by atoms with Crippen molar-refractivity contribution in [3.8, 4) is 5.75 Å². The summed E-state index contributed by atoms with van der Waals surface area (Å²) in [5, 5.41) is 3.12. The Hall–Kier alpha value is -4.66. The van der Waals surface area contributed by atoms with Crippen molar-refractivity contribution >= 4 is 23.7 Å². The van der Waals surface area contributed by atoms with Crippen molar-refractivity contribution in [1.82, 2.24) is 15.1 Å². The van der Waals surface area contributed by atoms with E-state index in [4.69, 9.17) is 9.47 Å². The van der Waals surface area contributed by atoms with Crippen molar-refractivity contribution in [2.45, 2.75) is 75.3 Å². The maximum Gasteiger partial charge on any atom is 0.328 e. The summed E-state index contributed by atoms with van der Waals surface area (Å²) >= 11 is 0. The van der Waals surface area contributed by atoms with Gasteiger partial charge in [0, 0.05) is 25.7 Å². The zero-order chi connectivity index (χ0) is 33.7. The maximum absolute atomic E-state index is 15.0. The summed E-state index contributed by atoms with van der Waals surface area (Å²) in [7, 11) is 1.55. The number of ether oxygens (including phenoxy) is 2. The molecular formula is C39H45N3O6. The third kappa shape index (κ3) is 6.30. The number of hydrogen-bond acceptors (Lipinski definition) is 6. The molecule has 9 nitrogen and oxygen atoms in total. The van der Waals surface area contributed by atoms with E-state index in [1.54, 1.807) is 31.1 Å². The van der Waals surface area contributed by atoms with Gasteiger partial charge in [0.2, 0.25) is 11.8 Å². The number of carbonyl (C=O) groups excluding carboxylic acids is 4. The molecule has 6 rings (SSSR count). The number of amides is 3. The largest absolute Gasteiger partial charge is 0.496 e. The predicted octanol–water partition coefficient (Wildman–Crippen LogP) is 5.22. The van der Waals surface area contributed by atoms with Crippen LogP contribution < -0.4 is 10.1 Å². The number of nitrogens with one attached hydrogen (secondary N) is 1. The van der Waals surface area contributed by atoms with Crippen LogP contribution in [0.25, 0.3) is 0 Å². The number of carbonyl (C=O) groups is 4. The Morgan fingerprint density at radius 3 is 2.29 bits per heavy atom. The van der Waals surface area contributed by atoms with E-state index in [0.717, 1.165) is 29.5 Å². The minimum absolute atomic E-state index is 0.0495. The highest BCUT2D eigenvalue weighted by Crippen LogP contribution is 2.49. The molecule has 0 spiro atoms. The van der Waals surface area contributed by atoms with Crippen molar-refractivity contribution < 1.29 is 28.7 Å². The number of likely N-dealkylation sites (tertiary alicyclic amines) is 2. The van der Waals surface area contributed by atoms with Crippen LogP contribution in [-0.2, 0) is 24.5 Å². The second-order valence-electron chi connectivity index (χ2n) is 13.0. The van der Waals surface area contributed by atoms with Gasteiger partial charge in [0.15, 0.2) is 0 Å². The number of fused-ring (bicyclic) bond motifs is 1. The Morgan fingerprint density at radius 2 is 1.54 bits per heavy atom. The van der Waals surface area contributed by atoms with E-state index in [0.29, 0.717) is 63.1 Å². The monoisotopic (exact) mass is 651 g/mol. The molecule has 3 aromatic carbocycles. The van der Waals surface area contributed by atoms with Crippen LogP contribution in [0.3, 0.4) is 0 Å². The van der Waals surface area contributed by atoms with Gasteiger partial charge < -0.3 is 24.6 Å². The summed E-state index contributed by atoms with van der Waals surface area (Å²) in [6.07, 6.45) is 4.51. The van der Waals surface area contributed by atoms with Crippen LogP contribution in [0.1, 0.15) is 84.8 Å². The van der Waals surface area contributed by atoms with E-state index < -0.39 is 17.4 Å². The van der Waals surface area contributed by atoms with Crippen molar-refractivity contribution in [3.05, 3.63) is 101 Å². The third-order valence-corrected chi connectivity index (χ3v) is 10.3. The minimum Gasteiger partial charge on any atom is -0.496 e. The minimum atomic E-state index is -1.04. The third-order valence-electron chi connectivity index (χ3n) is 10.3. The molecule has 3 amide bonds. The predicted molar refractivity (Wildman–Crippen MR) is 182 cm³/mol. The van der Waals surface area contributed by atoms with E-state index in [1.165, 1.54) is 0 Å². The molecule has 1 unspecified atom stereocenters. The molecule has 1 N–H and O–H groups in total. The van der Waals surface area contributed by atoms with E-state index in [9.17, 15) is 19.2 Å². The first-order valence-electron chi connectivity index (χ1n) is 17.2. The Morgan fingerprint density at radius 1 is 0.833 bits per heavy atom. The van der Waals surface area contributed by atoms with Crippen LogP contribution in [-0.4, -0.2) is 78.9 Å². The molecule has 0 bridgehead atoms. The lowest BCUT2D eigenvalue weighted by Gasteiger charge is -2.46. The Kier molecular flexibility index (Phi) is 10.1. The molecular weight excluding hydrogens is 606 g/mol. The SMILES string of the molecule is CCOC(=O)C1CCCCN1C(=O)[C@@]1(c2ccccc2)CC[C@H](C(=O)N2CCC(NC(=O)c3ccccc3OC)CC2)c2ccccc21. The summed E-state index contributed by atoms with van der Waals surface area (Å²) in [6.45, 7) is 3.61. The molecule has 2 aliphatic heterocycles. The van der Waals surface area contributed by atoms with E-state index in [-0.39, 0.29) is 36.3 Å². The van der Waals surface area contributed by atoms with E-state index in [2.05, 4.69) is 5.32 Å². The van der Waals surface area contributed by atoms with Gasteiger partial charge in [-0.25, -0.2) is 4.79 Å². The van der Waals surface area contributed by atoms with Gasteiger partial charge in [0.05, 0.1) is 30.6 Å². The normalized spacial score (nSPS) is 22.7. The second kappa shape index (κ2) is 14.6. The number of nitrogens with zero attached hydrogens (tertiary/aromatic N) is 2. The van der Waals surface area contributed by atoms with Crippen LogP contribution in [0.2, 0.25) is 0 Å². The number of methoxy groups -OCH3 is 1. The lowest BCUT2D eigenvalue weighted by atomic mass is 9.62. The van der Waals surface area contributed by atoms with Gasteiger partial charge in [-0.3, -0.25) is 14.4 Å². The quantitative estimate of drug-likeness (QED) is 0.335. The number of rotatable bonds is 8. The van der Waals surface area contributed by atoms with Crippen molar-refractivity contribution in [2.75, 3.05) is 33.4 Å². The molecule has 2 fully saturated rings. The average Bonchev–Trinajstić information content (AvgIpc) is 3.14. The first kappa shape index (κ1) is 33.2.